The Balaban J connectivity index is 2.06. The van der Waals surface area contributed by atoms with E-state index in [9.17, 15) is 9.90 Å². The molecule has 2 N–H and O–H groups in total. The highest BCUT2D eigenvalue weighted by Crippen LogP contribution is 2.14. The largest absolute Gasteiger partial charge is 0.392 e. The van der Waals surface area contributed by atoms with Crippen LogP contribution in [-0.2, 0) is 20.2 Å². The minimum atomic E-state index is -0.138. The number of halogens is 1. The Labute approximate surface area is 120 Å². The zero-order valence-corrected chi connectivity index (χ0v) is 12.1. The Morgan fingerprint density at radius 1 is 1.37 bits per heavy atom. The van der Waals surface area contributed by atoms with Crippen molar-refractivity contribution >= 4 is 21.8 Å². The molecule has 1 amide bonds. The van der Waals surface area contributed by atoms with Crippen molar-refractivity contribution in [2.45, 2.75) is 13.2 Å². The minimum Gasteiger partial charge on any atom is -0.392 e. The number of hydrogen-bond donors (Lipinski definition) is 2. The summed E-state index contributed by atoms with van der Waals surface area (Å²) in [5.41, 5.74) is 2.34. The molecule has 100 valence electrons. The van der Waals surface area contributed by atoms with Crippen molar-refractivity contribution in [3.8, 4) is 0 Å². The molecule has 0 atom stereocenters. The van der Waals surface area contributed by atoms with Crippen molar-refractivity contribution in [1.82, 2.24) is 9.88 Å². The Morgan fingerprint density at radius 3 is 2.63 bits per heavy atom. The lowest BCUT2D eigenvalue weighted by Gasteiger charge is -2.09. The Morgan fingerprint density at radius 2 is 2.05 bits per heavy atom. The number of hydrogen-bond acceptors (Lipinski definition) is 2. The molecule has 19 heavy (non-hydrogen) atoms. The van der Waals surface area contributed by atoms with Crippen LogP contribution in [0.25, 0.3) is 0 Å². The Bertz CT molecular complexity index is 593. The van der Waals surface area contributed by atoms with Crippen LogP contribution in [0.4, 0.5) is 0 Å². The number of aliphatic hydroxyl groups is 1. The molecule has 0 radical (unpaired) electrons. The fourth-order valence-electron chi connectivity index (χ4n) is 1.90. The topological polar surface area (TPSA) is 54.3 Å². The monoisotopic (exact) mass is 322 g/mol. The van der Waals surface area contributed by atoms with E-state index in [0.717, 1.165) is 15.6 Å². The van der Waals surface area contributed by atoms with Crippen LogP contribution in [0.2, 0.25) is 0 Å². The maximum absolute atomic E-state index is 12.0. The third kappa shape index (κ3) is 3.24. The van der Waals surface area contributed by atoms with E-state index in [0.29, 0.717) is 12.2 Å². The Kier molecular flexibility index (Phi) is 4.39. The number of aromatic nitrogens is 1. The zero-order valence-electron chi connectivity index (χ0n) is 10.6. The van der Waals surface area contributed by atoms with Gasteiger partial charge in [0.05, 0.1) is 6.61 Å². The number of amides is 1. The van der Waals surface area contributed by atoms with E-state index in [1.807, 2.05) is 37.5 Å². The van der Waals surface area contributed by atoms with Gasteiger partial charge in [-0.15, -0.1) is 0 Å². The average Bonchev–Trinajstić information content (AvgIpc) is 2.75. The van der Waals surface area contributed by atoms with E-state index >= 15 is 0 Å². The molecule has 0 aliphatic heterocycles. The van der Waals surface area contributed by atoms with Gasteiger partial charge in [0.2, 0.25) is 0 Å². The van der Waals surface area contributed by atoms with Gasteiger partial charge < -0.3 is 15.0 Å². The molecule has 4 nitrogen and oxygen atoms in total. The van der Waals surface area contributed by atoms with Crippen molar-refractivity contribution in [1.29, 1.82) is 0 Å². The van der Waals surface area contributed by atoms with Crippen molar-refractivity contribution in [2.24, 2.45) is 7.05 Å². The van der Waals surface area contributed by atoms with E-state index in [4.69, 9.17) is 0 Å². The molecule has 1 aromatic heterocycles. The molecule has 0 spiro atoms. The van der Waals surface area contributed by atoms with Gasteiger partial charge in [0.25, 0.3) is 5.91 Å². The Hall–Kier alpha value is -1.59. The fourth-order valence-corrected chi connectivity index (χ4v) is 2.42. The van der Waals surface area contributed by atoms with E-state index in [1.165, 1.54) is 0 Å². The van der Waals surface area contributed by atoms with Crippen LogP contribution in [0.1, 0.15) is 21.6 Å². The van der Waals surface area contributed by atoms with Crippen LogP contribution in [0, 0.1) is 0 Å². The first-order chi connectivity index (χ1) is 9.11. The van der Waals surface area contributed by atoms with Gasteiger partial charge in [-0.05, 0) is 33.1 Å². The highest BCUT2D eigenvalue weighted by Gasteiger charge is 2.11. The number of carbonyl (C=O) groups excluding carboxylic acids is 1. The van der Waals surface area contributed by atoms with Crippen LogP contribution in [0.5, 0.6) is 0 Å². The maximum atomic E-state index is 12.0. The molecule has 0 aliphatic rings. The molecule has 5 heteroatoms. The zero-order chi connectivity index (χ0) is 13.8. The molecule has 0 unspecified atom stereocenters. The summed E-state index contributed by atoms with van der Waals surface area (Å²) >= 11 is 3.34. The SMILES string of the molecule is Cn1cc(Br)cc1C(=O)NCc1ccccc1CO. The smallest absolute Gasteiger partial charge is 0.268 e. The maximum Gasteiger partial charge on any atom is 0.268 e. The predicted octanol–water partition coefficient (Wildman–Crippen LogP) is 2.21. The third-order valence-electron chi connectivity index (χ3n) is 2.93. The third-order valence-corrected chi connectivity index (χ3v) is 3.37. The van der Waals surface area contributed by atoms with Crippen molar-refractivity contribution in [2.75, 3.05) is 0 Å². The van der Waals surface area contributed by atoms with Crippen molar-refractivity contribution in [3.63, 3.8) is 0 Å². The second-order valence-electron chi connectivity index (χ2n) is 4.26. The summed E-state index contributed by atoms with van der Waals surface area (Å²) in [5.74, 6) is -0.138. The summed E-state index contributed by atoms with van der Waals surface area (Å²) < 4.78 is 2.63. The lowest BCUT2D eigenvalue weighted by atomic mass is 10.1. The first kappa shape index (κ1) is 13.8. The lowest BCUT2D eigenvalue weighted by molar-refractivity contribution is 0.0942. The normalized spacial score (nSPS) is 10.5. The summed E-state index contributed by atoms with van der Waals surface area (Å²) in [5, 5.41) is 12.1. The quantitative estimate of drug-likeness (QED) is 0.906. The van der Waals surface area contributed by atoms with E-state index in [1.54, 1.807) is 10.6 Å². The molecular formula is C14H15BrN2O2. The second kappa shape index (κ2) is 6.04. The van der Waals surface area contributed by atoms with Gasteiger partial charge >= 0.3 is 0 Å². The van der Waals surface area contributed by atoms with Crippen molar-refractivity contribution < 1.29 is 9.90 Å². The number of nitrogens with zero attached hydrogens (tertiary/aromatic N) is 1. The van der Waals surface area contributed by atoms with Gasteiger partial charge in [-0.3, -0.25) is 4.79 Å². The van der Waals surface area contributed by atoms with E-state index in [2.05, 4.69) is 21.2 Å². The first-order valence-electron chi connectivity index (χ1n) is 5.89. The molecule has 0 saturated heterocycles. The summed E-state index contributed by atoms with van der Waals surface area (Å²) in [6.45, 7) is 0.375. The number of benzene rings is 1. The number of carbonyl (C=O) groups is 1. The van der Waals surface area contributed by atoms with Crippen LogP contribution in [-0.4, -0.2) is 15.6 Å². The van der Waals surface area contributed by atoms with Crippen LogP contribution >= 0.6 is 15.9 Å². The minimum absolute atomic E-state index is 0.0260. The standard InChI is InChI=1S/C14H15BrN2O2/c1-17-8-12(15)6-13(17)14(19)16-7-10-4-2-3-5-11(10)9-18/h2-6,8,18H,7,9H2,1H3,(H,16,19). The number of rotatable bonds is 4. The summed E-state index contributed by atoms with van der Waals surface area (Å²) in [4.78, 5) is 12.0. The predicted molar refractivity (Wildman–Crippen MR) is 76.6 cm³/mol. The van der Waals surface area contributed by atoms with Crippen LogP contribution in [0.15, 0.2) is 41.0 Å². The number of aliphatic hydroxyl groups excluding tert-OH is 1. The first-order valence-corrected chi connectivity index (χ1v) is 6.69. The molecule has 1 heterocycles. The van der Waals surface area contributed by atoms with Crippen LogP contribution < -0.4 is 5.32 Å². The molecule has 2 aromatic rings. The van der Waals surface area contributed by atoms with Crippen molar-refractivity contribution in [3.05, 3.63) is 57.8 Å². The van der Waals surface area contributed by atoms with Gasteiger partial charge in [-0.2, -0.15) is 0 Å². The van der Waals surface area contributed by atoms with E-state index < -0.39 is 0 Å². The lowest BCUT2D eigenvalue weighted by Crippen LogP contribution is -2.25. The molecule has 1 aromatic carbocycles. The summed E-state index contributed by atoms with van der Waals surface area (Å²) in [6.07, 6.45) is 1.83. The van der Waals surface area contributed by atoms with Gasteiger partial charge in [-0.25, -0.2) is 0 Å². The number of nitrogens with one attached hydrogen (secondary N) is 1. The van der Waals surface area contributed by atoms with Gasteiger partial charge in [0, 0.05) is 24.3 Å². The summed E-state index contributed by atoms with van der Waals surface area (Å²) in [7, 11) is 1.82. The fraction of sp³-hybridized carbons (Fsp3) is 0.214. The van der Waals surface area contributed by atoms with Crippen LogP contribution in [0.3, 0.4) is 0 Å². The van der Waals surface area contributed by atoms with E-state index in [-0.39, 0.29) is 12.5 Å². The molecule has 0 saturated carbocycles. The number of aryl methyl sites for hydroxylation is 1. The average molecular weight is 323 g/mol. The highest BCUT2D eigenvalue weighted by atomic mass is 79.9. The molecule has 0 fully saturated rings. The molecule has 0 aliphatic carbocycles. The molecule has 0 bridgehead atoms. The highest BCUT2D eigenvalue weighted by molar-refractivity contribution is 9.10. The molecule has 2 rings (SSSR count). The van der Waals surface area contributed by atoms with Gasteiger partial charge in [0.15, 0.2) is 0 Å². The second-order valence-corrected chi connectivity index (χ2v) is 5.18. The van der Waals surface area contributed by atoms with Gasteiger partial charge in [-0.1, -0.05) is 24.3 Å². The summed E-state index contributed by atoms with van der Waals surface area (Å²) in [6, 6.07) is 9.27. The van der Waals surface area contributed by atoms with Gasteiger partial charge in [0.1, 0.15) is 5.69 Å². The molecular weight excluding hydrogens is 308 g/mol.